The van der Waals surface area contributed by atoms with E-state index in [4.69, 9.17) is 0 Å². The van der Waals surface area contributed by atoms with Crippen molar-refractivity contribution in [3.05, 3.63) is 42.1 Å². The first-order valence-corrected chi connectivity index (χ1v) is 7.80. The van der Waals surface area contributed by atoms with Gasteiger partial charge in [0.2, 0.25) is 0 Å². The molecule has 0 spiro atoms. The van der Waals surface area contributed by atoms with Gasteiger partial charge in [0.25, 0.3) is 0 Å². The maximum Gasteiger partial charge on any atom is 0.320 e. The summed E-state index contributed by atoms with van der Waals surface area (Å²) < 4.78 is 0. The number of hydrogen-bond donors (Lipinski definition) is 4. The molecule has 3 aromatic rings. The van der Waals surface area contributed by atoms with E-state index < -0.39 is 0 Å². The van der Waals surface area contributed by atoms with Crippen LogP contribution in [0.4, 0.5) is 22.1 Å². The standard InChI is InChI=1S/C17H18N6O2/c1-3-18-17(25)23-14-7-6-13-16(21-14)22-15(9-19-13)20-12-5-4-11(24)8-10(12)2/h4-9,24H,3H2,1-2H3,(H3,18,20,21,22,23,25). The highest BCUT2D eigenvalue weighted by Crippen LogP contribution is 2.23. The lowest BCUT2D eigenvalue weighted by Crippen LogP contribution is -2.28. The van der Waals surface area contributed by atoms with Gasteiger partial charge in [-0.15, -0.1) is 0 Å². The number of urea groups is 1. The quantitative estimate of drug-likeness (QED) is 0.544. The Kier molecular flexibility index (Phi) is 4.60. The highest BCUT2D eigenvalue weighted by Gasteiger charge is 2.07. The van der Waals surface area contributed by atoms with Crippen LogP contribution in [0.5, 0.6) is 5.75 Å². The molecular weight excluding hydrogens is 320 g/mol. The number of aryl methyl sites for hydroxylation is 1. The van der Waals surface area contributed by atoms with E-state index in [9.17, 15) is 9.90 Å². The Labute approximate surface area is 144 Å². The van der Waals surface area contributed by atoms with Crippen molar-refractivity contribution in [2.24, 2.45) is 0 Å². The molecule has 0 fully saturated rings. The predicted octanol–water partition coefficient (Wildman–Crippen LogP) is 2.92. The molecule has 0 unspecified atom stereocenters. The summed E-state index contributed by atoms with van der Waals surface area (Å²) >= 11 is 0. The van der Waals surface area contributed by atoms with Crippen molar-refractivity contribution in [3.63, 3.8) is 0 Å². The largest absolute Gasteiger partial charge is 0.508 e. The molecule has 8 nitrogen and oxygen atoms in total. The van der Waals surface area contributed by atoms with Crippen LogP contribution in [-0.4, -0.2) is 32.6 Å². The smallest absolute Gasteiger partial charge is 0.320 e. The fraction of sp³-hybridized carbons (Fsp3) is 0.176. The zero-order valence-electron chi connectivity index (χ0n) is 13.9. The molecule has 4 N–H and O–H groups in total. The molecule has 0 aliphatic heterocycles. The van der Waals surface area contributed by atoms with Crippen LogP contribution >= 0.6 is 0 Å². The third kappa shape index (κ3) is 3.92. The van der Waals surface area contributed by atoms with Gasteiger partial charge in [0.15, 0.2) is 11.5 Å². The van der Waals surface area contributed by atoms with Gasteiger partial charge >= 0.3 is 6.03 Å². The third-order valence-corrected chi connectivity index (χ3v) is 3.46. The molecule has 0 radical (unpaired) electrons. The number of benzene rings is 1. The summed E-state index contributed by atoms with van der Waals surface area (Å²) in [6.45, 7) is 4.24. The minimum atomic E-state index is -0.323. The van der Waals surface area contributed by atoms with Gasteiger partial charge in [-0.05, 0) is 49.7 Å². The van der Waals surface area contributed by atoms with Crippen molar-refractivity contribution in [2.45, 2.75) is 13.8 Å². The Bertz CT molecular complexity index is 928. The van der Waals surface area contributed by atoms with Crippen molar-refractivity contribution in [1.29, 1.82) is 0 Å². The number of nitrogens with zero attached hydrogens (tertiary/aromatic N) is 3. The van der Waals surface area contributed by atoms with Gasteiger partial charge in [-0.2, -0.15) is 0 Å². The Morgan fingerprint density at radius 2 is 1.96 bits per heavy atom. The fourth-order valence-corrected chi connectivity index (χ4v) is 2.27. The number of nitrogens with one attached hydrogen (secondary N) is 3. The molecule has 2 aromatic heterocycles. The minimum absolute atomic E-state index is 0.204. The van der Waals surface area contributed by atoms with E-state index in [1.54, 1.807) is 36.5 Å². The summed E-state index contributed by atoms with van der Waals surface area (Å²) in [5.74, 6) is 1.12. The van der Waals surface area contributed by atoms with Gasteiger partial charge in [0.05, 0.1) is 6.20 Å². The van der Waals surface area contributed by atoms with Crippen molar-refractivity contribution >= 4 is 34.5 Å². The monoisotopic (exact) mass is 338 g/mol. The third-order valence-electron chi connectivity index (χ3n) is 3.46. The summed E-state index contributed by atoms with van der Waals surface area (Å²) in [7, 11) is 0. The lowest BCUT2D eigenvalue weighted by atomic mass is 10.2. The van der Waals surface area contributed by atoms with Crippen LogP contribution in [0.2, 0.25) is 0 Å². The number of fused-ring (bicyclic) bond motifs is 1. The Morgan fingerprint density at radius 3 is 2.72 bits per heavy atom. The van der Waals surface area contributed by atoms with Crippen molar-refractivity contribution in [1.82, 2.24) is 20.3 Å². The maximum atomic E-state index is 11.6. The molecule has 1 aromatic carbocycles. The molecule has 0 saturated carbocycles. The predicted molar refractivity (Wildman–Crippen MR) is 96.2 cm³/mol. The van der Waals surface area contributed by atoms with Crippen LogP contribution < -0.4 is 16.0 Å². The first-order chi connectivity index (χ1) is 12.0. The number of anilines is 3. The lowest BCUT2D eigenvalue weighted by Gasteiger charge is -2.10. The summed E-state index contributed by atoms with van der Waals surface area (Å²) in [4.78, 5) is 24.6. The SMILES string of the molecule is CCNC(=O)Nc1ccc2ncc(Nc3ccc(O)cc3C)nc2n1. The van der Waals surface area contributed by atoms with E-state index in [1.165, 1.54) is 0 Å². The summed E-state index contributed by atoms with van der Waals surface area (Å²) in [6.07, 6.45) is 1.60. The maximum absolute atomic E-state index is 11.6. The number of pyridine rings is 1. The fourth-order valence-electron chi connectivity index (χ4n) is 2.27. The second kappa shape index (κ2) is 7.00. The van der Waals surface area contributed by atoms with Crippen LogP contribution in [0.3, 0.4) is 0 Å². The van der Waals surface area contributed by atoms with Crippen LogP contribution in [0, 0.1) is 6.92 Å². The van der Waals surface area contributed by atoms with E-state index in [0.717, 1.165) is 11.3 Å². The number of carbonyl (C=O) groups excluding carboxylic acids is 1. The highest BCUT2D eigenvalue weighted by atomic mass is 16.3. The Balaban J connectivity index is 1.86. The number of carbonyl (C=O) groups is 1. The van der Waals surface area contributed by atoms with Crippen molar-refractivity contribution < 1.29 is 9.90 Å². The molecule has 128 valence electrons. The molecule has 0 bridgehead atoms. The Morgan fingerprint density at radius 1 is 1.16 bits per heavy atom. The van der Waals surface area contributed by atoms with Crippen LogP contribution in [0.1, 0.15) is 12.5 Å². The number of aromatic hydroxyl groups is 1. The van der Waals surface area contributed by atoms with E-state index in [2.05, 4.69) is 30.9 Å². The molecule has 25 heavy (non-hydrogen) atoms. The molecule has 0 atom stereocenters. The normalized spacial score (nSPS) is 10.5. The minimum Gasteiger partial charge on any atom is -0.508 e. The van der Waals surface area contributed by atoms with E-state index >= 15 is 0 Å². The van der Waals surface area contributed by atoms with Gasteiger partial charge in [-0.1, -0.05) is 0 Å². The van der Waals surface area contributed by atoms with Crippen molar-refractivity contribution in [2.75, 3.05) is 17.2 Å². The zero-order chi connectivity index (χ0) is 17.8. The van der Waals surface area contributed by atoms with Crippen LogP contribution in [0.25, 0.3) is 11.2 Å². The average molecular weight is 338 g/mol. The first kappa shape index (κ1) is 16.4. The van der Waals surface area contributed by atoms with Crippen LogP contribution in [0.15, 0.2) is 36.5 Å². The molecular formula is C17H18N6O2. The lowest BCUT2D eigenvalue weighted by molar-refractivity contribution is 0.252. The van der Waals surface area contributed by atoms with E-state index in [0.29, 0.717) is 29.3 Å². The molecule has 0 aliphatic rings. The van der Waals surface area contributed by atoms with Gasteiger partial charge in [0.1, 0.15) is 17.1 Å². The molecule has 2 heterocycles. The van der Waals surface area contributed by atoms with Crippen molar-refractivity contribution in [3.8, 4) is 5.75 Å². The number of hydrogen-bond acceptors (Lipinski definition) is 6. The summed E-state index contributed by atoms with van der Waals surface area (Å²) in [6, 6.07) is 8.10. The second-order valence-electron chi connectivity index (χ2n) is 5.40. The molecule has 0 aliphatic carbocycles. The number of amides is 2. The first-order valence-electron chi connectivity index (χ1n) is 7.80. The van der Waals surface area contributed by atoms with Gasteiger partial charge in [0, 0.05) is 12.2 Å². The molecule has 0 saturated heterocycles. The number of phenolic OH excluding ortho intramolecular Hbond substituents is 1. The van der Waals surface area contributed by atoms with Gasteiger partial charge in [-0.25, -0.2) is 19.7 Å². The van der Waals surface area contributed by atoms with Gasteiger partial charge in [-0.3, -0.25) is 5.32 Å². The number of rotatable bonds is 4. The highest BCUT2D eigenvalue weighted by molar-refractivity contribution is 5.89. The molecule has 3 rings (SSSR count). The number of phenols is 1. The average Bonchev–Trinajstić information content (AvgIpc) is 2.57. The van der Waals surface area contributed by atoms with Gasteiger partial charge < -0.3 is 15.7 Å². The number of aromatic nitrogens is 3. The van der Waals surface area contributed by atoms with E-state index in [1.807, 2.05) is 13.8 Å². The zero-order valence-corrected chi connectivity index (χ0v) is 13.9. The van der Waals surface area contributed by atoms with Crippen LogP contribution in [-0.2, 0) is 0 Å². The van der Waals surface area contributed by atoms with E-state index in [-0.39, 0.29) is 11.8 Å². The summed E-state index contributed by atoms with van der Waals surface area (Å²) in [5.41, 5.74) is 2.72. The molecule has 2 amide bonds. The molecule has 8 heteroatoms. The topological polar surface area (TPSA) is 112 Å². The second-order valence-corrected chi connectivity index (χ2v) is 5.40. The summed E-state index contributed by atoms with van der Waals surface area (Å²) in [5, 5.41) is 17.9. The Hall–Kier alpha value is -3.42.